The largest absolute Gasteiger partial charge is 0.311 e. The third-order valence-corrected chi connectivity index (χ3v) is 17.3. The van der Waals surface area contributed by atoms with Gasteiger partial charge in [0.15, 0.2) is 0 Å². The minimum Gasteiger partial charge on any atom is -0.311 e. The lowest BCUT2D eigenvalue weighted by atomic mass is 9.93. The number of hydrogen-bond donors (Lipinski definition) is 0. The molecule has 0 saturated carbocycles. The number of benzene rings is 16. The molecule has 0 aliphatic carbocycles. The Morgan fingerprint density at radius 3 is 0.933 bits per heavy atom. The van der Waals surface area contributed by atoms with Gasteiger partial charge in [-0.25, -0.2) is 0 Å². The Balaban J connectivity index is 0.000000150. The first kappa shape index (κ1) is 54.8. The topological polar surface area (TPSA) is 6.48 Å². The molecule has 90 heavy (non-hydrogen) atoms. The number of rotatable bonds is 12. The Morgan fingerprint density at radius 1 is 0.144 bits per heavy atom. The van der Waals surface area contributed by atoms with Gasteiger partial charge in [0.1, 0.15) is 0 Å². The maximum atomic E-state index is 2.39. The minimum absolute atomic E-state index is 1.12. The molecule has 2 heteroatoms. The highest BCUT2D eigenvalue weighted by molar-refractivity contribution is 6.10. The molecule has 16 aromatic rings. The Bertz CT molecular complexity index is 5040. The lowest BCUT2D eigenvalue weighted by Gasteiger charge is -2.28. The highest BCUT2D eigenvalue weighted by Crippen LogP contribution is 2.45. The normalized spacial score (nSPS) is 11.1. The predicted molar refractivity (Wildman–Crippen MR) is 385 cm³/mol. The Hall–Kier alpha value is -11.8. The molecule has 2 nitrogen and oxygen atoms in total. The van der Waals surface area contributed by atoms with Crippen LogP contribution in [0.2, 0.25) is 0 Å². The molecule has 424 valence electrons. The van der Waals surface area contributed by atoms with Crippen molar-refractivity contribution in [1.29, 1.82) is 0 Å². The van der Waals surface area contributed by atoms with Crippen molar-refractivity contribution in [2.24, 2.45) is 0 Å². The molecule has 0 atom stereocenters. The van der Waals surface area contributed by atoms with Crippen molar-refractivity contribution >= 4 is 77.2 Å². The summed E-state index contributed by atoms with van der Waals surface area (Å²) < 4.78 is 0. The second kappa shape index (κ2) is 24.9. The molecule has 0 saturated heterocycles. The van der Waals surface area contributed by atoms with Crippen LogP contribution in [0.4, 0.5) is 34.1 Å². The molecule has 16 aromatic carbocycles. The maximum absolute atomic E-state index is 2.39. The van der Waals surface area contributed by atoms with Crippen LogP contribution in [0.3, 0.4) is 0 Å². The summed E-state index contributed by atoms with van der Waals surface area (Å²) in [6.07, 6.45) is 0. The summed E-state index contributed by atoms with van der Waals surface area (Å²) in [6.45, 7) is 0. The molecule has 0 amide bonds. The van der Waals surface area contributed by atoms with Gasteiger partial charge in [0.25, 0.3) is 0 Å². The summed E-state index contributed by atoms with van der Waals surface area (Å²) in [6, 6.07) is 135. The van der Waals surface area contributed by atoms with Gasteiger partial charge in [0, 0.05) is 33.8 Å². The number of nitrogens with zero attached hydrogens (tertiary/aromatic N) is 2. The monoisotopic (exact) mass is 1150 g/mol. The average molecular weight is 1150 g/mol. The molecule has 0 spiro atoms. The van der Waals surface area contributed by atoms with E-state index in [0.29, 0.717) is 0 Å². The van der Waals surface area contributed by atoms with Crippen molar-refractivity contribution in [3.8, 4) is 66.8 Å². The smallest absolute Gasteiger partial charge is 0.0540 e. The van der Waals surface area contributed by atoms with E-state index in [0.717, 1.165) is 34.1 Å². The predicted octanol–water partition coefficient (Wildman–Crippen LogP) is 24.9. The van der Waals surface area contributed by atoms with Crippen molar-refractivity contribution in [3.05, 3.63) is 376 Å². The van der Waals surface area contributed by atoms with Crippen molar-refractivity contribution in [1.82, 2.24) is 0 Å². The highest BCUT2D eigenvalue weighted by Gasteiger charge is 2.19. The molecule has 0 radical (unpaired) electrons. The van der Waals surface area contributed by atoms with E-state index in [1.165, 1.54) is 110 Å². The molecular weight excluding hydrogens is 1080 g/mol. The number of para-hydroxylation sites is 1. The van der Waals surface area contributed by atoms with Crippen LogP contribution in [0.5, 0.6) is 0 Å². The molecule has 0 aromatic heterocycles. The van der Waals surface area contributed by atoms with Crippen molar-refractivity contribution in [2.45, 2.75) is 0 Å². The second-order valence-electron chi connectivity index (χ2n) is 22.8. The molecule has 0 bridgehead atoms. The zero-order valence-corrected chi connectivity index (χ0v) is 49.7. The first-order chi connectivity index (χ1) is 44.6. The Kier molecular flexibility index (Phi) is 15.1. The van der Waals surface area contributed by atoms with Gasteiger partial charge in [-0.1, -0.05) is 291 Å². The Labute approximate surface area is 526 Å². The van der Waals surface area contributed by atoms with Crippen LogP contribution in [0, 0.1) is 0 Å². The number of fused-ring (bicyclic) bond motifs is 4. The SMILES string of the molecule is c1ccc(-c2ccc(N(c3ccc(-c4ccccc4)cc3)c3ccc(-c4cccc5ccccc45)c4ccccc34)cc2)cc1.c1ccc(-c2ccc(N(c3ccccc3)c3ccc(-c4ccc5cc(-c6ccc7ccccc7c6)ccc5c4)cc3)cc2)cc1. The summed E-state index contributed by atoms with van der Waals surface area (Å²) in [4.78, 5) is 4.70. The summed E-state index contributed by atoms with van der Waals surface area (Å²) >= 11 is 0. The first-order valence-corrected chi connectivity index (χ1v) is 30.9. The van der Waals surface area contributed by atoms with Crippen LogP contribution < -0.4 is 9.80 Å². The zero-order chi connectivity index (χ0) is 60.0. The third-order valence-electron chi connectivity index (χ3n) is 17.3. The van der Waals surface area contributed by atoms with E-state index >= 15 is 0 Å². The quantitative estimate of drug-likeness (QED) is 0.120. The van der Waals surface area contributed by atoms with Crippen molar-refractivity contribution < 1.29 is 0 Å². The summed E-state index contributed by atoms with van der Waals surface area (Å²) in [5.41, 5.74) is 21.4. The third kappa shape index (κ3) is 11.3. The maximum Gasteiger partial charge on any atom is 0.0540 e. The van der Waals surface area contributed by atoms with Gasteiger partial charge in [-0.05, 0) is 189 Å². The van der Waals surface area contributed by atoms with Gasteiger partial charge >= 0.3 is 0 Å². The highest BCUT2D eigenvalue weighted by atomic mass is 15.1. The van der Waals surface area contributed by atoms with Crippen LogP contribution in [0.15, 0.2) is 376 Å². The van der Waals surface area contributed by atoms with Crippen molar-refractivity contribution in [2.75, 3.05) is 9.80 Å². The summed E-state index contributed by atoms with van der Waals surface area (Å²) in [5.74, 6) is 0. The van der Waals surface area contributed by atoms with Gasteiger partial charge in [0.05, 0.1) is 5.69 Å². The molecular formula is C88H62N2. The van der Waals surface area contributed by atoms with E-state index in [1.807, 2.05) is 0 Å². The fourth-order valence-electron chi connectivity index (χ4n) is 12.7. The van der Waals surface area contributed by atoms with Crippen LogP contribution >= 0.6 is 0 Å². The second-order valence-corrected chi connectivity index (χ2v) is 22.8. The fourth-order valence-corrected chi connectivity index (χ4v) is 12.7. The molecule has 0 heterocycles. The van der Waals surface area contributed by atoms with E-state index in [9.17, 15) is 0 Å². The van der Waals surface area contributed by atoms with Crippen molar-refractivity contribution in [3.63, 3.8) is 0 Å². The lowest BCUT2D eigenvalue weighted by molar-refractivity contribution is 1.28. The van der Waals surface area contributed by atoms with Gasteiger partial charge in [-0.15, -0.1) is 0 Å². The fraction of sp³-hybridized carbons (Fsp3) is 0. The van der Waals surface area contributed by atoms with E-state index in [2.05, 4.69) is 386 Å². The van der Waals surface area contributed by atoms with E-state index in [4.69, 9.17) is 0 Å². The van der Waals surface area contributed by atoms with Crippen LogP contribution in [0.1, 0.15) is 0 Å². The molecule has 0 N–H and O–H groups in total. The lowest BCUT2D eigenvalue weighted by Crippen LogP contribution is -2.10. The van der Waals surface area contributed by atoms with Gasteiger partial charge in [-0.2, -0.15) is 0 Å². The molecule has 0 aliphatic rings. The summed E-state index contributed by atoms with van der Waals surface area (Å²) in [7, 11) is 0. The van der Waals surface area contributed by atoms with Gasteiger partial charge < -0.3 is 9.80 Å². The Morgan fingerprint density at radius 2 is 0.444 bits per heavy atom. The standard InChI is InChI=1S/2C44H31N/c1-3-12-32(13-4-1)34-22-26-37(27-23-34)45(38-28-24-35(25-29-38)33-14-5-2-6-15-33)44-31-30-42(41-19-9-10-20-43(41)44)40-21-11-17-36-16-7-8-18-39(36)40;1-3-9-32(10-4-1)34-21-25-43(26-22-34)45(42-13-5-2-6-14-42)44-27-23-35(24-28-44)37-17-18-40-31-41(20-19-39(40)30-37)38-16-15-33-11-7-8-12-36(33)29-38/h2*1-31H. The van der Waals surface area contributed by atoms with Crippen LogP contribution in [-0.4, -0.2) is 0 Å². The average Bonchev–Trinajstić information content (AvgIpc) is 0.901. The number of anilines is 6. The van der Waals surface area contributed by atoms with Crippen LogP contribution in [-0.2, 0) is 0 Å². The molecule has 16 rings (SSSR count). The van der Waals surface area contributed by atoms with Gasteiger partial charge in [0.2, 0.25) is 0 Å². The molecule has 0 fully saturated rings. The molecule has 0 aliphatic heterocycles. The van der Waals surface area contributed by atoms with Crippen LogP contribution in [0.25, 0.3) is 110 Å². The van der Waals surface area contributed by atoms with Gasteiger partial charge in [-0.3, -0.25) is 0 Å². The van der Waals surface area contributed by atoms with E-state index in [-0.39, 0.29) is 0 Å². The summed E-state index contributed by atoms with van der Waals surface area (Å²) in [5, 5.41) is 9.99. The minimum atomic E-state index is 1.12. The van der Waals surface area contributed by atoms with E-state index in [1.54, 1.807) is 0 Å². The molecule has 0 unspecified atom stereocenters. The zero-order valence-electron chi connectivity index (χ0n) is 49.7. The van der Waals surface area contributed by atoms with E-state index < -0.39 is 0 Å². The first-order valence-electron chi connectivity index (χ1n) is 30.9. The number of hydrogen-bond acceptors (Lipinski definition) is 2.